The lowest BCUT2D eigenvalue weighted by atomic mass is 10.2. The van der Waals surface area contributed by atoms with Gasteiger partial charge in [0.25, 0.3) is 0 Å². The van der Waals surface area contributed by atoms with Crippen molar-refractivity contribution in [3.05, 3.63) is 41.7 Å². The predicted molar refractivity (Wildman–Crippen MR) is 78.2 cm³/mol. The first-order valence-corrected chi connectivity index (χ1v) is 6.57. The Morgan fingerprint density at radius 3 is 2.70 bits per heavy atom. The second-order valence-corrected chi connectivity index (χ2v) is 4.34. The van der Waals surface area contributed by atoms with E-state index in [0.29, 0.717) is 18.3 Å². The van der Waals surface area contributed by atoms with Gasteiger partial charge in [-0.15, -0.1) is 0 Å². The number of anilines is 1. The molecule has 5 heteroatoms. The zero-order chi connectivity index (χ0) is 14.4. The zero-order valence-corrected chi connectivity index (χ0v) is 12.0. The van der Waals surface area contributed by atoms with Gasteiger partial charge in [0.2, 0.25) is 5.88 Å². The number of rotatable bonds is 6. The highest BCUT2D eigenvalue weighted by Gasteiger charge is 2.07. The van der Waals surface area contributed by atoms with Gasteiger partial charge in [-0.1, -0.05) is 18.2 Å². The minimum Gasteiger partial charge on any atom is -0.439 e. The van der Waals surface area contributed by atoms with Crippen molar-refractivity contribution in [3.8, 4) is 11.6 Å². The summed E-state index contributed by atoms with van der Waals surface area (Å²) >= 11 is 0. The number of para-hydroxylation sites is 1. The van der Waals surface area contributed by atoms with Crippen molar-refractivity contribution >= 4 is 5.82 Å². The summed E-state index contributed by atoms with van der Waals surface area (Å²) in [7, 11) is 1.62. The van der Waals surface area contributed by atoms with Crippen LogP contribution in [0.4, 0.5) is 5.82 Å². The molecule has 1 heterocycles. The third-order valence-corrected chi connectivity index (χ3v) is 2.69. The average molecular weight is 273 g/mol. The van der Waals surface area contributed by atoms with Gasteiger partial charge in [0.1, 0.15) is 18.2 Å². The van der Waals surface area contributed by atoms with E-state index in [1.54, 1.807) is 13.2 Å². The van der Waals surface area contributed by atoms with Gasteiger partial charge in [-0.25, -0.2) is 4.98 Å². The Morgan fingerprint density at radius 1 is 1.20 bits per heavy atom. The molecule has 1 N–H and O–H groups in total. The predicted octanol–water partition coefficient (Wildman–Crippen LogP) is 3.16. The summed E-state index contributed by atoms with van der Waals surface area (Å²) in [5.41, 5.74) is 1.06. The van der Waals surface area contributed by atoms with E-state index in [4.69, 9.17) is 9.47 Å². The highest BCUT2D eigenvalue weighted by Crippen LogP contribution is 2.24. The molecule has 0 aliphatic carbocycles. The van der Waals surface area contributed by atoms with Crippen LogP contribution in [-0.2, 0) is 11.3 Å². The van der Waals surface area contributed by atoms with Crippen LogP contribution in [0.3, 0.4) is 0 Å². The van der Waals surface area contributed by atoms with Gasteiger partial charge in [0, 0.05) is 19.7 Å². The molecule has 2 rings (SSSR count). The number of nitrogens with one attached hydrogen (secondary N) is 1. The number of benzene rings is 1. The molecular weight excluding hydrogens is 254 g/mol. The molecule has 0 saturated heterocycles. The molecule has 5 nitrogen and oxygen atoms in total. The van der Waals surface area contributed by atoms with Crippen LogP contribution >= 0.6 is 0 Å². The summed E-state index contributed by atoms with van der Waals surface area (Å²) < 4.78 is 10.9. The fourth-order valence-corrected chi connectivity index (χ4v) is 1.77. The summed E-state index contributed by atoms with van der Waals surface area (Å²) in [6.07, 6.45) is 0. The monoisotopic (exact) mass is 273 g/mol. The van der Waals surface area contributed by atoms with Crippen molar-refractivity contribution in [2.24, 2.45) is 0 Å². The Balaban J connectivity index is 2.28. The van der Waals surface area contributed by atoms with Crippen LogP contribution in [0.25, 0.3) is 0 Å². The third-order valence-electron chi connectivity index (χ3n) is 2.69. The molecule has 0 aliphatic rings. The maximum absolute atomic E-state index is 5.84. The van der Waals surface area contributed by atoms with Crippen molar-refractivity contribution in [2.45, 2.75) is 20.5 Å². The normalized spacial score (nSPS) is 10.3. The molecular formula is C15H19N3O2. The molecule has 0 saturated carbocycles. The first-order chi connectivity index (χ1) is 9.72. The maximum atomic E-state index is 5.84. The zero-order valence-electron chi connectivity index (χ0n) is 12.0. The molecule has 0 spiro atoms. The van der Waals surface area contributed by atoms with Crippen LogP contribution in [-0.4, -0.2) is 23.6 Å². The summed E-state index contributed by atoms with van der Waals surface area (Å²) in [5, 5.41) is 3.16. The molecule has 0 bridgehead atoms. The number of hydrogen-bond acceptors (Lipinski definition) is 5. The Labute approximate surface area is 119 Å². The molecule has 2 aromatic rings. The third kappa shape index (κ3) is 3.68. The quantitative estimate of drug-likeness (QED) is 0.876. The summed E-state index contributed by atoms with van der Waals surface area (Å²) in [6.45, 7) is 5.15. The lowest BCUT2D eigenvalue weighted by Gasteiger charge is -2.11. The fraction of sp³-hybridized carbons (Fsp3) is 0.333. The highest BCUT2D eigenvalue weighted by molar-refractivity contribution is 5.41. The number of ether oxygens (including phenoxy) is 2. The van der Waals surface area contributed by atoms with Crippen molar-refractivity contribution in [3.63, 3.8) is 0 Å². The molecule has 0 radical (unpaired) electrons. The van der Waals surface area contributed by atoms with Gasteiger partial charge in [-0.2, -0.15) is 4.98 Å². The number of methoxy groups -OCH3 is 1. The van der Waals surface area contributed by atoms with Crippen molar-refractivity contribution in [1.82, 2.24) is 9.97 Å². The topological polar surface area (TPSA) is 56.3 Å². The van der Waals surface area contributed by atoms with Gasteiger partial charge in [0.05, 0.1) is 0 Å². The van der Waals surface area contributed by atoms with Crippen molar-refractivity contribution in [2.75, 3.05) is 19.0 Å². The Kier molecular flexibility index (Phi) is 4.90. The lowest BCUT2D eigenvalue weighted by Crippen LogP contribution is -2.05. The van der Waals surface area contributed by atoms with E-state index in [1.807, 2.05) is 38.1 Å². The van der Waals surface area contributed by atoms with Crippen LogP contribution in [0.1, 0.15) is 18.3 Å². The van der Waals surface area contributed by atoms with E-state index in [-0.39, 0.29) is 0 Å². The van der Waals surface area contributed by atoms with Gasteiger partial charge in [0.15, 0.2) is 5.82 Å². The highest BCUT2D eigenvalue weighted by atomic mass is 16.5. The minimum atomic E-state index is 0.351. The Morgan fingerprint density at radius 2 is 2.00 bits per heavy atom. The van der Waals surface area contributed by atoms with Crippen molar-refractivity contribution < 1.29 is 9.47 Å². The molecule has 1 aromatic heterocycles. The molecule has 0 fully saturated rings. The van der Waals surface area contributed by atoms with Gasteiger partial charge in [-0.05, 0) is 25.5 Å². The average Bonchev–Trinajstić information content (AvgIpc) is 2.42. The standard InChI is InChI=1S/C15H19N3O2/c1-4-16-13-9-15(18-14(17-13)10-19-3)20-12-8-6-5-7-11(12)2/h5-9H,4,10H2,1-3H3,(H,16,17,18). The summed E-state index contributed by atoms with van der Waals surface area (Å²) in [6, 6.07) is 9.61. The number of nitrogens with zero attached hydrogens (tertiary/aromatic N) is 2. The van der Waals surface area contributed by atoms with E-state index >= 15 is 0 Å². The van der Waals surface area contributed by atoms with E-state index in [2.05, 4.69) is 15.3 Å². The Bertz CT molecular complexity index is 549. The van der Waals surface area contributed by atoms with E-state index in [0.717, 1.165) is 23.7 Å². The van der Waals surface area contributed by atoms with Crippen LogP contribution in [0, 0.1) is 6.92 Å². The van der Waals surface area contributed by atoms with Crippen LogP contribution in [0.5, 0.6) is 11.6 Å². The largest absolute Gasteiger partial charge is 0.439 e. The molecule has 0 amide bonds. The first kappa shape index (κ1) is 14.3. The molecule has 20 heavy (non-hydrogen) atoms. The van der Waals surface area contributed by atoms with Crippen LogP contribution in [0.2, 0.25) is 0 Å². The van der Waals surface area contributed by atoms with E-state index in [1.165, 1.54) is 0 Å². The number of hydrogen-bond donors (Lipinski definition) is 1. The second kappa shape index (κ2) is 6.86. The lowest BCUT2D eigenvalue weighted by molar-refractivity contribution is 0.177. The fourth-order valence-electron chi connectivity index (χ4n) is 1.77. The number of aryl methyl sites for hydroxylation is 1. The summed E-state index contributed by atoms with van der Waals surface area (Å²) in [5.74, 6) is 2.63. The molecule has 1 aromatic carbocycles. The maximum Gasteiger partial charge on any atom is 0.224 e. The minimum absolute atomic E-state index is 0.351. The second-order valence-electron chi connectivity index (χ2n) is 4.34. The molecule has 0 atom stereocenters. The summed E-state index contributed by atoms with van der Waals surface area (Å²) in [4.78, 5) is 8.69. The Hall–Kier alpha value is -2.14. The SMILES string of the molecule is CCNc1cc(Oc2ccccc2C)nc(COC)n1. The molecule has 106 valence electrons. The van der Waals surface area contributed by atoms with Crippen LogP contribution < -0.4 is 10.1 Å². The van der Waals surface area contributed by atoms with E-state index < -0.39 is 0 Å². The van der Waals surface area contributed by atoms with Crippen molar-refractivity contribution in [1.29, 1.82) is 0 Å². The van der Waals surface area contributed by atoms with E-state index in [9.17, 15) is 0 Å². The van der Waals surface area contributed by atoms with Gasteiger partial charge >= 0.3 is 0 Å². The smallest absolute Gasteiger partial charge is 0.224 e. The first-order valence-electron chi connectivity index (χ1n) is 6.57. The molecule has 0 aliphatic heterocycles. The van der Waals surface area contributed by atoms with Gasteiger partial charge in [-0.3, -0.25) is 0 Å². The van der Waals surface area contributed by atoms with Crippen LogP contribution in [0.15, 0.2) is 30.3 Å². The number of aromatic nitrogens is 2. The molecule has 0 unspecified atom stereocenters. The van der Waals surface area contributed by atoms with Gasteiger partial charge < -0.3 is 14.8 Å².